The van der Waals surface area contributed by atoms with Gasteiger partial charge in [-0.25, -0.2) is 9.07 Å². The smallest absolute Gasteiger partial charge is 0.231 e. The molecular weight excluding hydrogens is 311 g/mol. The number of ether oxygens (including phenoxy) is 1. The topological polar surface area (TPSA) is 73.4 Å². The van der Waals surface area contributed by atoms with Crippen LogP contribution in [0.4, 0.5) is 4.39 Å². The first-order valence-electron chi connectivity index (χ1n) is 7.90. The number of morpholine rings is 1. The van der Waals surface area contributed by atoms with Gasteiger partial charge in [0.05, 0.1) is 31.5 Å². The van der Waals surface area contributed by atoms with Crippen molar-refractivity contribution >= 4 is 5.91 Å². The summed E-state index contributed by atoms with van der Waals surface area (Å²) in [5.74, 6) is -0.706. The Hall–Kier alpha value is -2.25. The predicted molar refractivity (Wildman–Crippen MR) is 87.3 cm³/mol. The van der Waals surface area contributed by atoms with Crippen LogP contribution in [0.5, 0.6) is 0 Å². The minimum Gasteiger partial charge on any atom is -0.378 e. The molecule has 0 bridgehead atoms. The van der Waals surface area contributed by atoms with Crippen molar-refractivity contribution in [3.05, 3.63) is 47.0 Å². The molecule has 128 valence electrons. The maximum absolute atomic E-state index is 14.1. The van der Waals surface area contributed by atoms with Crippen LogP contribution in [0.1, 0.15) is 23.0 Å². The standard InChI is InChI=1S/C17H21FN4O2/c1-11-17(15-10-24-8-7-21(15)9-16(19)23)12(2)22(20-11)14-6-4-3-5-13(14)18/h3-6,15H,7-10H2,1-2H3,(H2,19,23)/t15-/m0/s1. The van der Waals surface area contributed by atoms with Crippen molar-refractivity contribution < 1.29 is 13.9 Å². The zero-order valence-corrected chi connectivity index (χ0v) is 13.8. The number of aryl methyl sites for hydroxylation is 1. The third-order valence-electron chi connectivity index (χ3n) is 4.36. The molecule has 2 aromatic rings. The molecule has 1 aliphatic rings. The van der Waals surface area contributed by atoms with Crippen LogP contribution in [-0.4, -0.2) is 46.9 Å². The van der Waals surface area contributed by atoms with Crippen molar-refractivity contribution in [2.24, 2.45) is 5.73 Å². The fourth-order valence-corrected chi connectivity index (χ4v) is 3.29. The molecule has 1 atom stereocenters. The maximum Gasteiger partial charge on any atom is 0.231 e. The molecule has 6 nitrogen and oxygen atoms in total. The van der Waals surface area contributed by atoms with E-state index in [1.54, 1.807) is 22.9 Å². The summed E-state index contributed by atoms with van der Waals surface area (Å²) in [4.78, 5) is 13.3. The Morgan fingerprint density at radius 3 is 2.88 bits per heavy atom. The number of hydrogen-bond donors (Lipinski definition) is 1. The Morgan fingerprint density at radius 2 is 2.17 bits per heavy atom. The lowest BCUT2D eigenvalue weighted by atomic mass is 10.0. The summed E-state index contributed by atoms with van der Waals surface area (Å²) in [6.45, 7) is 5.59. The van der Waals surface area contributed by atoms with E-state index >= 15 is 0 Å². The third kappa shape index (κ3) is 3.05. The van der Waals surface area contributed by atoms with Gasteiger partial charge >= 0.3 is 0 Å². The lowest BCUT2D eigenvalue weighted by Gasteiger charge is -2.35. The summed E-state index contributed by atoms with van der Waals surface area (Å²) < 4.78 is 21.3. The van der Waals surface area contributed by atoms with Gasteiger partial charge in [-0.1, -0.05) is 12.1 Å². The SMILES string of the molecule is Cc1nn(-c2ccccc2F)c(C)c1[C@@H]1COCCN1CC(N)=O. The highest BCUT2D eigenvalue weighted by Crippen LogP contribution is 2.30. The molecule has 1 saturated heterocycles. The van der Waals surface area contributed by atoms with Crippen molar-refractivity contribution in [2.45, 2.75) is 19.9 Å². The number of aromatic nitrogens is 2. The molecule has 1 aromatic carbocycles. The van der Waals surface area contributed by atoms with Gasteiger partial charge in [0.25, 0.3) is 0 Å². The van der Waals surface area contributed by atoms with E-state index in [4.69, 9.17) is 10.5 Å². The molecule has 0 spiro atoms. The molecule has 1 fully saturated rings. The van der Waals surface area contributed by atoms with Gasteiger partial charge in [0.1, 0.15) is 11.5 Å². The molecule has 1 aromatic heterocycles. The van der Waals surface area contributed by atoms with E-state index in [-0.39, 0.29) is 24.3 Å². The van der Waals surface area contributed by atoms with E-state index < -0.39 is 0 Å². The lowest BCUT2D eigenvalue weighted by Crippen LogP contribution is -2.44. The molecule has 1 amide bonds. The van der Waals surface area contributed by atoms with E-state index in [9.17, 15) is 9.18 Å². The molecule has 2 N–H and O–H groups in total. The summed E-state index contributed by atoms with van der Waals surface area (Å²) >= 11 is 0. The fraction of sp³-hybridized carbons (Fsp3) is 0.412. The van der Waals surface area contributed by atoms with Gasteiger partial charge in [-0.2, -0.15) is 5.10 Å². The van der Waals surface area contributed by atoms with Crippen LogP contribution < -0.4 is 5.73 Å². The van der Waals surface area contributed by atoms with E-state index in [0.29, 0.717) is 25.4 Å². The van der Waals surface area contributed by atoms with E-state index in [0.717, 1.165) is 17.0 Å². The van der Waals surface area contributed by atoms with Crippen LogP contribution in [-0.2, 0) is 9.53 Å². The molecule has 0 saturated carbocycles. The molecular formula is C17H21FN4O2. The normalized spacial score (nSPS) is 18.7. The lowest BCUT2D eigenvalue weighted by molar-refractivity contribution is -0.121. The van der Waals surface area contributed by atoms with Crippen molar-refractivity contribution in [1.29, 1.82) is 0 Å². The second-order valence-corrected chi connectivity index (χ2v) is 5.98. The Bertz CT molecular complexity index is 759. The van der Waals surface area contributed by atoms with Gasteiger partial charge in [-0.3, -0.25) is 9.69 Å². The highest BCUT2D eigenvalue weighted by Gasteiger charge is 2.30. The Balaban J connectivity index is 2.02. The van der Waals surface area contributed by atoms with Gasteiger partial charge < -0.3 is 10.5 Å². The number of amides is 1. The monoisotopic (exact) mass is 332 g/mol. The first-order valence-corrected chi connectivity index (χ1v) is 7.90. The average molecular weight is 332 g/mol. The van der Waals surface area contributed by atoms with Gasteiger partial charge in [-0.15, -0.1) is 0 Å². The Morgan fingerprint density at radius 1 is 1.42 bits per heavy atom. The number of para-hydroxylation sites is 1. The molecule has 7 heteroatoms. The largest absolute Gasteiger partial charge is 0.378 e. The summed E-state index contributed by atoms with van der Waals surface area (Å²) in [5.41, 5.74) is 8.35. The van der Waals surface area contributed by atoms with Gasteiger partial charge in [-0.05, 0) is 26.0 Å². The van der Waals surface area contributed by atoms with Gasteiger partial charge in [0.15, 0.2) is 0 Å². The molecule has 0 aliphatic carbocycles. The number of halogens is 1. The number of benzene rings is 1. The summed E-state index contributed by atoms with van der Waals surface area (Å²) in [6.07, 6.45) is 0. The number of rotatable bonds is 4. The number of hydrogen-bond acceptors (Lipinski definition) is 4. The molecule has 24 heavy (non-hydrogen) atoms. The first kappa shape index (κ1) is 16.6. The highest BCUT2D eigenvalue weighted by atomic mass is 19.1. The van der Waals surface area contributed by atoms with E-state index in [2.05, 4.69) is 5.10 Å². The van der Waals surface area contributed by atoms with Gasteiger partial charge in [0, 0.05) is 17.8 Å². The number of nitrogens with zero attached hydrogens (tertiary/aromatic N) is 3. The minimum atomic E-state index is -0.376. The second-order valence-electron chi connectivity index (χ2n) is 5.98. The third-order valence-corrected chi connectivity index (χ3v) is 4.36. The van der Waals surface area contributed by atoms with Gasteiger partial charge in [0.2, 0.25) is 5.91 Å². The number of carbonyl (C=O) groups excluding carboxylic acids is 1. The molecule has 2 heterocycles. The Labute approximate surface area is 140 Å². The zero-order valence-electron chi connectivity index (χ0n) is 13.8. The first-order chi connectivity index (χ1) is 11.5. The van der Waals surface area contributed by atoms with Crippen LogP contribution in [0.2, 0.25) is 0 Å². The number of primary amides is 1. The predicted octanol–water partition coefficient (Wildman–Crippen LogP) is 1.49. The maximum atomic E-state index is 14.1. The van der Waals surface area contributed by atoms with E-state index in [1.807, 2.05) is 18.7 Å². The van der Waals surface area contributed by atoms with Crippen LogP contribution in [0.3, 0.4) is 0 Å². The second kappa shape index (κ2) is 6.70. The number of nitrogens with two attached hydrogens (primary N) is 1. The van der Waals surface area contributed by atoms with Crippen molar-refractivity contribution in [3.63, 3.8) is 0 Å². The zero-order chi connectivity index (χ0) is 17.3. The summed E-state index contributed by atoms with van der Waals surface area (Å²) in [7, 11) is 0. The van der Waals surface area contributed by atoms with Crippen molar-refractivity contribution in [3.8, 4) is 5.69 Å². The molecule has 0 radical (unpaired) electrons. The molecule has 3 rings (SSSR count). The van der Waals surface area contributed by atoms with Crippen molar-refractivity contribution in [2.75, 3.05) is 26.3 Å². The average Bonchev–Trinajstić information content (AvgIpc) is 2.83. The summed E-state index contributed by atoms with van der Waals surface area (Å²) in [5, 5.41) is 4.51. The minimum absolute atomic E-state index is 0.119. The summed E-state index contributed by atoms with van der Waals surface area (Å²) in [6, 6.07) is 6.41. The molecule has 0 unspecified atom stereocenters. The van der Waals surface area contributed by atoms with Crippen LogP contribution >= 0.6 is 0 Å². The Kier molecular flexibility index (Phi) is 4.64. The van der Waals surface area contributed by atoms with E-state index in [1.165, 1.54) is 6.07 Å². The van der Waals surface area contributed by atoms with Crippen LogP contribution in [0.25, 0.3) is 5.69 Å². The van der Waals surface area contributed by atoms with Crippen molar-refractivity contribution in [1.82, 2.24) is 14.7 Å². The van der Waals surface area contributed by atoms with Crippen LogP contribution in [0, 0.1) is 19.7 Å². The molecule has 1 aliphatic heterocycles. The quantitative estimate of drug-likeness (QED) is 0.920. The fourth-order valence-electron chi connectivity index (χ4n) is 3.29. The van der Waals surface area contributed by atoms with Crippen LogP contribution in [0.15, 0.2) is 24.3 Å². The highest BCUT2D eigenvalue weighted by molar-refractivity contribution is 5.76. The number of carbonyl (C=O) groups is 1.